The molecule has 1 fully saturated rings. The van der Waals surface area contributed by atoms with Crippen molar-refractivity contribution < 1.29 is 9.59 Å². The number of amides is 2. The first kappa shape index (κ1) is 20.4. The molecule has 4 rings (SSSR count). The smallest absolute Gasteiger partial charge is 0.265 e. The average molecular weight is 440 g/mol. The predicted molar refractivity (Wildman–Crippen MR) is 123 cm³/mol. The van der Waals surface area contributed by atoms with Gasteiger partial charge in [0.05, 0.1) is 15.6 Å². The summed E-state index contributed by atoms with van der Waals surface area (Å²) in [7, 11) is 0. The lowest BCUT2D eigenvalue weighted by molar-refractivity contribution is 0.0949. The maximum Gasteiger partial charge on any atom is 0.265 e. The summed E-state index contributed by atoms with van der Waals surface area (Å²) in [5, 5.41) is 7.91. The van der Waals surface area contributed by atoms with Crippen LogP contribution in [0.3, 0.4) is 0 Å². The standard InChI is InChI=1S/C23H22ClN3O2S/c24-19-10-7-17(14-20(19)26-23(29)21-4-3-13-30-21)22(28)25-15-16-5-8-18(9-6-16)27-11-1-2-12-27/h3-10,13-14H,1-2,11-12,15H2,(H,25,28)(H,26,29). The Labute approximate surface area is 184 Å². The topological polar surface area (TPSA) is 61.4 Å². The van der Waals surface area contributed by atoms with Gasteiger partial charge in [0.15, 0.2) is 0 Å². The van der Waals surface area contributed by atoms with Gasteiger partial charge in [0.25, 0.3) is 11.8 Å². The van der Waals surface area contributed by atoms with Crippen LogP contribution in [0.5, 0.6) is 0 Å². The summed E-state index contributed by atoms with van der Waals surface area (Å²) in [5.74, 6) is -0.468. The lowest BCUT2D eigenvalue weighted by Gasteiger charge is -2.17. The van der Waals surface area contributed by atoms with E-state index in [1.165, 1.54) is 29.9 Å². The number of carbonyl (C=O) groups excluding carboxylic acids is 2. The zero-order valence-electron chi connectivity index (χ0n) is 16.4. The molecule has 2 N–H and O–H groups in total. The Morgan fingerprint density at radius 2 is 1.77 bits per heavy atom. The maximum atomic E-state index is 12.6. The van der Waals surface area contributed by atoms with E-state index < -0.39 is 0 Å². The first-order chi connectivity index (χ1) is 14.6. The lowest BCUT2D eigenvalue weighted by Crippen LogP contribution is -2.23. The summed E-state index contributed by atoms with van der Waals surface area (Å²) in [4.78, 5) is 27.8. The number of nitrogens with zero attached hydrogens (tertiary/aromatic N) is 1. The largest absolute Gasteiger partial charge is 0.372 e. The van der Waals surface area contributed by atoms with Gasteiger partial charge in [0, 0.05) is 30.9 Å². The van der Waals surface area contributed by atoms with E-state index in [1.54, 1.807) is 24.3 Å². The van der Waals surface area contributed by atoms with Crippen molar-refractivity contribution in [2.45, 2.75) is 19.4 Å². The highest BCUT2D eigenvalue weighted by Crippen LogP contribution is 2.25. The third-order valence-corrected chi connectivity index (χ3v) is 6.28. The van der Waals surface area contributed by atoms with Crippen LogP contribution >= 0.6 is 22.9 Å². The van der Waals surface area contributed by atoms with Crippen molar-refractivity contribution in [2.24, 2.45) is 0 Å². The quantitative estimate of drug-likeness (QED) is 0.556. The maximum absolute atomic E-state index is 12.6. The van der Waals surface area contributed by atoms with E-state index in [0.717, 1.165) is 18.7 Å². The Morgan fingerprint density at radius 3 is 2.47 bits per heavy atom. The highest BCUT2D eigenvalue weighted by Gasteiger charge is 2.14. The number of benzene rings is 2. The zero-order chi connectivity index (χ0) is 20.9. The summed E-state index contributed by atoms with van der Waals surface area (Å²) in [6.45, 7) is 2.65. The zero-order valence-corrected chi connectivity index (χ0v) is 17.9. The van der Waals surface area contributed by atoms with Gasteiger partial charge in [-0.2, -0.15) is 0 Å². The highest BCUT2D eigenvalue weighted by molar-refractivity contribution is 7.12. The Kier molecular flexibility index (Phi) is 6.35. The third kappa shape index (κ3) is 4.83. The van der Waals surface area contributed by atoms with Crippen molar-refractivity contribution in [1.82, 2.24) is 5.32 Å². The van der Waals surface area contributed by atoms with Crippen LogP contribution in [0.25, 0.3) is 0 Å². The molecule has 2 heterocycles. The first-order valence-corrected chi connectivity index (χ1v) is 11.1. The van der Waals surface area contributed by atoms with Crippen LogP contribution in [0.15, 0.2) is 60.0 Å². The molecule has 1 aliphatic heterocycles. The van der Waals surface area contributed by atoms with Gasteiger partial charge in [-0.15, -0.1) is 11.3 Å². The Hall–Kier alpha value is -2.83. The van der Waals surface area contributed by atoms with Crippen LogP contribution in [0, 0.1) is 0 Å². The van der Waals surface area contributed by atoms with Crippen LogP contribution in [0.2, 0.25) is 5.02 Å². The SMILES string of the molecule is O=C(NCc1ccc(N2CCCC2)cc1)c1ccc(Cl)c(NC(=O)c2cccs2)c1. The molecule has 0 atom stereocenters. The van der Waals surface area contributed by atoms with E-state index in [9.17, 15) is 9.59 Å². The molecule has 0 saturated carbocycles. The molecule has 1 saturated heterocycles. The molecule has 0 bridgehead atoms. The molecule has 30 heavy (non-hydrogen) atoms. The van der Waals surface area contributed by atoms with E-state index in [0.29, 0.717) is 27.7 Å². The molecule has 2 amide bonds. The number of halogens is 1. The lowest BCUT2D eigenvalue weighted by atomic mass is 10.1. The summed E-state index contributed by atoms with van der Waals surface area (Å²) in [6.07, 6.45) is 2.49. The fourth-order valence-corrected chi connectivity index (χ4v) is 4.22. The van der Waals surface area contributed by atoms with Gasteiger partial charge in [-0.1, -0.05) is 29.8 Å². The second kappa shape index (κ2) is 9.32. The van der Waals surface area contributed by atoms with Crippen molar-refractivity contribution in [3.8, 4) is 0 Å². The minimum Gasteiger partial charge on any atom is -0.372 e. The fourth-order valence-electron chi connectivity index (χ4n) is 3.44. The molecule has 154 valence electrons. The molecular weight excluding hydrogens is 418 g/mol. The second-order valence-corrected chi connectivity index (χ2v) is 8.52. The van der Waals surface area contributed by atoms with E-state index in [-0.39, 0.29) is 11.8 Å². The minimum absolute atomic E-state index is 0.220. The van der Waals surface area contributed by atoms with Gasteiger partial charge in [-0.25, -0.2) is 0 Å². The van der Waals surface area contributed by atoms with Gasteiger partial charge < -0.3 is 15.5 Å². The van der Waals surface area contributed by atoms with Crippen LogP contribution < -0.4 is 15.5 Å². The second-order valence-electron chi connectivity index (χ2n) is 7.17. The number of rotatable bonds is 6. The Balaban J connectivity index is 1.37. The van der Waals surface area contributed by atoms with Crippen LogP contribution in [0.4, 0.5) is 11.4 Å². The first-order valence-electron chi connectivity index (χ1n) is 9.86. The van der Waals surface area contributed by atoms with Gasteiger partial charge in [0.1, 0.15) is 0 Å². The molecule has 7 heteroatoms. The molecule has 0 radical (unpaired) electrons. The molecule has 3 aromatic rings. The molecule has 5 nitrogen and oxygen atoms in total. The van der Waals surface area contributed by atoms with Crippen LogP contribution in [-0.2, 0) is 6.54 Å². The van der Waals surface area contributed by atoms with Gasteiger partial charge in [-0.3, -0.25) is 9.59 Å². The molecule has 2 aromatic carbocycles. The highest BCUT2D eigenvalue weighted by atomic mass is 35.5. The summed E-state index contributed by atoms with van der Waals surface area (Å²) in [6, 6.07) is 16.7. The molecule has 0 aliphatic carbocycles. The van der Waals surface area contributed by atoms with Gasteiger partial charge >= 0.3 is 0 Å². The molecule has 0 unspecified atom stereocenters. The van der Waals surface area contributed by atoms with E-state index in [2.05, 4.69) is 27.7 Å². The predicted octanol–water partition coefficient (Wildman–Crippen LogP) is 5.18. The fraction of sp³-hybridized carbons (Fsp3) is 0.217. The Bertz CT molecular complexity index is 1030. The summed E-state index contributed by atoms with van der Waals surface area (Å²) < 4.78 is 0. The van der Waals surface area contributed by atoms with Crippen LogP contribution in [-0.4, -0.2) is 24.9 Å². The van der Waals surface area contributed by atoms with Crippen LogP contribution in [0.1, 0.15) is 38.4 Å². The van der Waals surface area contributed by atoms with Crippen molar-refractivity contribution in [3.63, 3.8) is 0 Å². The van der Waals surface area contributed by atoms with E-state index in [4.69, 9.17) is 11.6 Å². The van der Waals surface area contributed by atoms with Crippen molar-refractivity contribution in [3.05, 3.63) is 81.0 Å². The van der Waals surface area contributed by atoms with E-state index in [1.807, 2.05) is 23.6 Å². The third-order valence-electron chi connectivity index (χ3n) is 5.08. The van der Waals surface area contributed by atoms with Gasteiger partial charge in [0.2, 0.25) is 0 Å². The summed E-state index contributed by atoms with van der Waals surface area (Å²) >= 11 is 7.54. The molecule has 0 spiro atoms. The summed E-state index contributed by atoms with van der Waals surface area (Å²) in [5.41, 5.74) is 3.12. The molecular formula is C23H22ClN3O2S. The number of carbonyl (C=O) groups is 2. The molecule has 1 aliphatic rings. The Morgan fingerprint density at radius 1 is 1.00 bits per heavy atom. The monoisotopic (exact) mass is 439 g/mol. The van der Waals surface area contributed by atoms with Crippen molar-refractivity contribution in [2.75, 3.05) is 23.3 Å². The number of thiophene rings is 1. The average Bonchev–Trinajstić information content (AvgIpc) is 3.48. The van der Waals surface area contributed by atoms with Crippen molar-refractivity contribution in [1.29, 1.82) is 0 Å². The number of anilines is 2. The minimum atomic E-state index is -0.248. The molecule has 1 aromatic heterocycles. The van der Waals surface area contributed by atoms with E-state index >= 15 is 0 Å². The normalized spacial score (nSPS) is 13.3. The number of hydrogen-bond acceptors (Lipinski definition) is 4. The van der Waals surface area contributed by atoms with Gasteiger partial charge in [-0.05, 0) is 60.2 Å². The van der Waals surface area contributed by atoms with Crippen molar-refractivity contribution >= 4 is 46.1 Å². The number of hydrogen-bond donors (Lipinski definition) is 2. The number of nitrogens with one attached hydrogen (secondary N) is 2.